The van der Waals surface area contributed by atoms with Crippen molar-refractivity contribution in [1.82, 2.24) is 4.98 Å². The predicted molar refractivity (Wildman–Crippen MR) is 83.3 cm³/mol. The highest BCUT2D eigenvalue weighted by molar-refractivity contribution is 7.99. The summed E-state index contributed by atoms with van der Waals surface area (Å²) in [5.41, 5.74) is 7.95. The number of phenols is 1. The van der Waals surface area contributed by atoms with E-state index in [1.165, 1.54) is 10.5 Å². The van der Waals surface area contributed by atoms with Crippen molar-refractivity contribution >= 4 is 22.7 Å². The molecule has 3 nitrogen and oxygen atoms in total. The van der Waals surface area contributed by atoms with Crippen molar-refractivity contribution in [1.29, 1.82) is 0 Å². The van der Waals surface area contributed by atoms with Crippen LogP contribution in [0.2, 0.25) is 0 Å². The molecule has 102 valence electrons. The van der Waals surface area contributed by atoms with Gasteiger partial charge in [-0.2, -0.15) is 0 Å². The molecule has 0 unspecified atom stereocenters. The van der Waals surface area contributed by atoms with Crippen molar-refractivity contribution in [3.05, 3.63) is 54.2 Å². The van der Waals surface area contributed by atoms with Gasteiger partial charge in [0.15, 0.2) is 0 Å². The van der Waals surface area contributed by atoms with Gasteiger partial charge in [0.05, 0.1) is 0 Å². The number of hydrogen-bond acceptors (Lipinski definition) is 3. The van der Waals surface area contributed by atoms with Crippen LogP contribution in [0.25, 0.3) is 10.9 Å². The topological polar surface area (TPSA) is 62.0 Å². The number of aromatic nitrogens is 1. The molecule has 3 rings (SSSR count). The maximum Gasteiger partial charge on any atom is 0.116 e. The molecule has 3 aromatic rings. The zero-order chi connectivity index (χ0) is 13.9. The Labute approximate surface area is 121 Å². The standard InChI is InChI=1S/C16H16N2OS/c17-8-7-11-3-1-2-4-15(11)20-16-10-18-14-6-5-12(19)9-13(14)16/h1-6,9-10,18-19H,7-8,17H2. The molecule has 4 heteroatoms. The Balaban J connectivity index is 1.99. The lowest BCUT2D eigenvalue weighted by Crippen LogP contribution is -2.03. The maximum absolute atomic E-state index is 9.64. The van der Waals surface area contributed by atoms with Crippen LogP contribution in [0.3, 0.4) is 0 Å². The van der Waals surface area contributed by atoms with Crippen LogP contribution in [0, 0.1) is 0 Å². The van der Waals surface area contributed by atoms with E-state index >= 15 is 0 Å². The number of fused-ring (bicyclic) bond motifs is 1. The second-order valence-electron chi connectivity index (χ2n) is 4.63. The fraction of sp³-hybridized carbons (Fsp3) is 0.125. The lowest BCUT2D eigenvalue weighted by Gasteiger charge is -2.07. The van der Waals surface area contributed by atoms with Gasteiger partial charge in [0.25, 0.3) is 0 Å². The van der Waals surface area contributed by atoms with Crippen molar-refractivity contribution in [3.8, 4) is 5.75 Å². The normalized spacial score (nSPS) is 11.1. The number of hydrogen-bond donors (Lipinski definition) is 3. The summed E-state index contributed by atoms with van der Waals surface area (Å²) >= 11 is 1.70. The van der Waals surface area contributed by atoms with Crippen molar-refractivity contribution in [2.24, 2.45) is 5.73 Å². The van der Waals surface area contributed by atoms with Crippen LogP contribution in [0.15, 0.2) is 58.5 Å². The summed E-state index contributed by atoms with van der Waals surface area (Å²) in [7, 11) is 0. The Morgan fingerprint density at radius 2 is 1.95 bits per heavy atom. The molecule has 20 heavy (non-hydrogen) atoms. The molecule has 4 N–H and O–H groups in total. The van der Waals surface area contributed by atoms with Crippen LogP contribution in [0.4, 0.5) is 0 Å². The molecule has 0 saturated heterocycles. The maximum atomic E-state index is 9.64. The molecule has 0 spiro atoms. The Hall–Kier alpha value is -1.91. The van der Waals surface area contributed by atoms with Crippen LogP contribution < -0.4 is 5.73 Å². The summed E-state index contributed by atoms with van der Waals surface area (Å²) < 4.78 is 0. The Bertz CT molecular complexity index is 736. The van der Waals surface area contributed by atoms with Gasteiger partial charge in [-0.1, -0.05) is 30.0 Å². The molecule has 0 saturated carbocycles. The van der Waals surface area contributed by atoms with E-state index in [2.05, 4.69) is 17.1 Å². The number of phenolic OH excluding ortho intramolecular Hbond substituents is 1. The summed E-state index contributed by atoms with van der Waals surface area (Å²) in [5.74, 6) is 0.286. The van der Waals surface area contributed by atoms with E-state index in [9.17, 15) is 5.11 Å². The molecule has 0 fully saturated rings. The monoisotopic (exact) mass is 284 g/mol. The Morgan fingerprint density at radius 1 is 1.10 bits per heavy atom. The predicted octanol–water partition coefficient (Wildman–Crippen LogP) is 3.53. The molecule has 0 radical (unpaired) electrons. The molecule has 0 amide bonds. The smallest absolute Gasteiger partial charge is 0.116 e. The van der Waals surface area contributed by atoms with Gasteiger partial charge < -0.3 is 15.8 Å². The first-order chi connectivity index (χ1) is 9.78. The van der Waals surface area contributed by atoms with Gasteiger partial charge in [0.1, 0.15) is 5.75 Å². The minimum atomic E-state index is 0.286. The SMILES string of the molecule is NCCc1ccccc1Sc1c[nH]c2ccc(O)cc12. The first-order valence-electron chi connectivity index (χ1n) is 6.54. The molecular weight excluding hydrogens is 268 g/mol. The summed E-state index contributed by atoms with van der Waals surface area (Å²) in [6.45, 7) is 0.645. The third-order valence-corrected chi connectivity index (χ3v) is 4.41. The molecule has 0 aliphatic heterocycles. The van der Waals surface area contributed by atoms with Crippen LogP contribution in [0.5, 0.6) is 5.75 Å². The first kappa shape index (κ1) is 13.1. The van der Waals surface area contributed by atoms with Crippen LogP contribution in [0.1, 0.15) is 5.56 Å². The van der Waals surface area contributed by atoms with Crippen LogP contribution in [-0.2, 0) is 6.42 Å². The fourth-order valence-electron chi connectivity index (χ4n) is 2.25. The molecule has 0 aliphatic carbocycles. The number of H-pyrrole nitrogens is 1. The van der Waals surface area contributed by atoms with Gasteiger partial charge in [0.2, 0.25) is 0 Å². The number of aromatic hydroxyl groups is 1. The lowest BCUT2D eigenvalue weighted by atomic mass is 10.1. The van der Waals surface area contributed by atoms with Gasteiger partial charge in [-0.25, -0.2) is 0 Å². The first-order valence-corrected chi connectivity index (χ1v) is 7.35. The van der Waals surface area contributed by atoms with Gasteiger partial charge in [-0.05, 0) is 42.8 Å². The number of aromatic amines is 1. The molecular formula is C16H16N2OS. The van der Waals surface area contributed by atoms with E-state index in [1.54, 1.807) is 23.9 Å². The summed E-state index contributed by atoms with van der Waals surface area (Å²) in [6.07, 6.45) is 2.85. The Kier molecular flexibility index (Phi) is 3.67. The van der Waals surface area contributed by atoms with Crippen molar-refractivity contribution in [2.75, 3.05) is 6.54 Å². The molecule has 0 atom stereocenters. The van der Waals surface area contributed by atoms with E-state index < -0.39 is 0 Å². The minimum absolute atomic E-state index is 0.286. The highest BCUT2D eigenvalue weighted by Gasteiger charge is 2.08. The van der Waals surface area contributed by atoms with E-state index in [0.717, 1.165) is 22.2 Å². The third-order valence-electron chi connectivity index (χ3n) is 3.23. The molecule has 1 heterocycles. The van der Waals surface area contributed by atoms with E-state index in [4.69, 9.17) is 5.73 Å². The van der Waals surface area contributed by atoms with Crippen molar-refractivity contribution in [2.45, 2.75) is 16.2 Å². The van der Waals surface area contributed by atoms with E-state index in [-0.39, 0.29) is 5.75 Å². The van der Waals surface area contributed by atoms with Crippen molar-refractivity contribution < 1.29 is 5.11 Å². The van der Waals surface area contributed by atoms with Gasteiger partial charge in [-0.3, -0.25) is 0 Å². The second kappa shape index (κ2) is 5.61. The Morgan fingerprint density at radius 3 is 2.80 bits per heavy atom. The summed E-state index contributed by atoms with van der Waals surface area (Å²) in [4.78, 5) is 5.55. The average molecular weight is 284 g/mol. The number of rotatable bonds is 4. The number of benzene rings is 2. The zero-order valence-corrected chi connectivity index (χ0v) is 11.8. The summed E-state index contributed by atoms with van der Waals surface area (Å²) in [6, 6.07) is 13.7. The van der Waals surface area contributed by atoms with Gasteiger partial charge >= 0.3 is 0 Å². The number of nitrogens with one attached hydrogen (secondary N) is 1. The van der Waals surface area contributed by atoms with E-state index in [0.29, 0.717) is 6.54 Å². The molecule has 0 aliphatic rings. The van der Waals surface area contributed by atoms with Gasteiger partial charge in [-0.15, -0.1) is 0 Å². The molecule has 2 aromatic carbocycles. The largest absolute Gasteiger partial charge is 0.508 e. The quantitative estimate of drug-likeness (QED) is 0.687. The van der Waals surface area contributed by atoms with E-state index in [1.807, 2.05) is 24.4 Å². The van der Waals surface area contributed by atoms with Crippen LogP contribution >= 0.6 is 11.8 Å². The second-order valence-corrected chi connectivity index (χ2v) is 5.72. The third kappa shape index (κ3) is 2.53. The van der Waals surface area contributed by atoms with Crippen LogP contribution in [-0.4, -0.2) is 16.6 Å². The lowest BCUT2D eigenvalue weighted by molar-refractivity contribution is 0.476. The minimum Gasteiger partial charge on any atom is -0.508 e. The fourth-order valence-corrected chi connectivity index (χ4v) is 3.33. The molecule has 0 bridgehead atoms. The summed E-state index contributed by atoms with van der Waals surface area (Å²) in [5, 5.41) is 10.7. The van der Waals surface area contributed by atoms with Gasteiger partial charge in [0, 0.05) is 26.9 Å². The zero-order valence-electron chi connectivity index (χ0n) is 11.0. The average Bonchev–Trinajstić information content (AvgIpc) is 2.84. The number of nitrogens with two attached hydrogens (primary N) is 1. The van der Waals surface area contributed by atoms with Crippen molar-refractivity contribution in [3.63, 3.8) is 0 Å². The molecule has 1 aromatic heterocycles. The highest BCUT2D eigenvalue weighted by Crippen LogP contribution is 2.36. The highest BCUT2D eigenvalue weighted by atomic mass is 32.2.